The molecular weight excluding hydrogens is 490 g/mol. The van der Waals surface area contributed by atoms with Gasteiger partial charge in [0.15, 0.2) is 11.5 Å². The van der Waals surface area contributed by atoms with Crippen LogP contribution in [0.15, 0.2) is 54.6 Å². The molecule has 3 aromatic heterocycles. The summed E-state index contributed by atoms with van der Waals surface area (Å²) in [5, 5.41) is 0. The van der Waals surface area contributed by atoms with E-state index < -0.39 is 0 Å². The van der Waals surface area contributed by atoms with Crippen molar-refractivity contribution in [2.75, 3.05) is 53.4 Å². The number of likely N-dealkylation sites (tertiary alicyclic amines) is 2. The first-order valence-electron chi connectivity index (χ1n) is 14.3. The molecule has 0 radical (unpaired) electrons. The van der Waals surface area contributed by atoms with Crippen molar-refractivity contribution in [2.45, 2.75) is 44.2 Å². The summed E-state index contributed by atoms with van der Waals surface area (Å²) in [6.07, 6.45) is 10.8. The quantitative estimate of drug-likeness (QED) is 0.463. The molecule has 3 aromatic rings. The average molecular weight is 530 g/mol. The van der Waals surface area contributed by atoms with Crippen LogP contribution in [0.25, 0.3) is 22.7 Å². The van der Waals surface area contributed by atoms with E-state index in [-0.39, 0.29) is 18.1 Å². The van der Waals surface area contributed by atoms with E-state index in [1.165, 1.54) is 0 Å². The number of ether oxygens (including phenoxy) is 1. The Kier molecular flexibility index (Phi) is 7.61. The molecule has 6 rings (SSSR count). The number of pyridine rings is 2. The van der Waals surface area contributed by atoms with Crippen LogP contribution in [0.2, 0.25) is 0 Å². The number of nitrogens with zero attached hydrogens (tertiary/aromatic N) is 7. The molecule has 2 fully saturated rings. The van der Waals surface area contributed by atoms with Crippen LogP contribution in [0.1, 0.15) is 38.1 Å². The molecule has 1 amide bonds. The van der Waals surface area contributed by atoms with Gasteiger partial charge in [-0.25, -0.2) is 9.97 Å². The van der Waals surface area contributed by atoms with Gasteiger partial charge < -0.3 is 19.1 Å². The predicted octanol–water partition coefficient (Wildman–Crippen LogP) is 3.60. The van der Waals surface area contributed by atoms with Crippen molar-refractivity contribution < 1.29 is 9.53 Å². The number of rotatable bonds is 7. The van der Waals surface area contributed by atoms with Crippen LogP contribution >= 0.6 is 0 Å². The second kappa shape index (κ2) is 11.4. The van der Waals surface area contributed by atoms with Crippen molar-refractivity contribution >= 4 is 17.1 Å². The number of likely N-dealkylation sites (N-methyl/N-ethyl adjacent to an activating group) is 1. The monoisotopic (exact) mass is 529 g/mol. The van der Waals surface area contributed by atoms with Crippen LogP contribution in [0.5, 0.6) is 0 Å². The van der Waals surface area contributed by atoms with Crippen LogP contribution in [-0.4, -0.2) is 99.6 Å². The van der Waals surface area contributed by atoms with Crippen molar-refractivity contribution in [2.24, 2.45) is 5.92 Å². The smallest absolute Gasteiger partial charge is 0.225 e. The summed E-state index contributed by atoms with van der Waals surface area (Å²) >= 11 is 0. The van der Waals surface area contributed by atoms with Crippen LogP contribution < -0.4 is 0 Å². The summed E-state index contributed by atoms with van der Waals surface area (Å²) in [5.41, 5.74) is 2.63. The molecule has 0 bridgehead atoms. The number of amides is 1. The second-order valence-electron chi connectivity index (χ2n) is 11.4. The van der Waals surface area contributed by atoms with Crippen molar-refractivity contribution in [3.05, 3.63) is 54.6 Å². The Morgan fingerprint density at radius 3 is 2.54 bits per heavy atom. The van der Waals surface area contributed by atoms with Gasteiger partial charge in [-0.2, -0.15) is 0 Å². The normalized spacial score (nSPS) is 21.5. The first-order chi connectivity index (χ1) is 19.0. The Morgan fingerprint density at radius 2 is 1.79 bits per heavy atom. The van der Waals surface area contributed by atoms with Crippen molar-refractivity contribution in [3.8, 4) is 11.5 Å². The summed E-state index contributed by atoms with van der Waals surface area (Å²) in [6.45, 7) is 5.29. The lowest BCUT2D eigenvalue weighted by Crippen LogP contribution is -2.46. The fourth-order valence-corrected chi connectivity index (χ4v) is 6.30. The zero-order valence-corrected chi connectivity index (χ0v) is 23.1. The minimum absolute atomic E-state index is 0.129. The Balaban J connectivity index is 1.03. The maximum atomic E-state index is 13.5. The predicted molar refractivity (Wildman–Crippen MR) is 151 cm³/mol. The summed E-state index contributed by atoms with van der Waals surface area (Å²) in [7, 11) is 4.14. The maximum Gasteiger partial charge on any atom is 0.225 e. The number of carbonyl (C=O) groups is 1. The van der Waals surface area contributed by atoms with Crippen molar-refractivity contribution in [1.82, 2.24) is 34.2 Å². The highest BCUT2D eigenvalue weighted by Crippen LogP contribution is 2.33. The molecule has 3 aliphatic rings. The molecule has 9 nitrogen and oxygen atoms in total. The van der Waals surface area contributed by atoms with Crippen LogP contribution in [0.4, 0.5) is 0 Å². The number of hydrogen-bond acceptors (Lipinski definition) is 7. The third kappa shape index (κ3) is 5.70. The third-order valence-electron chi connectivity index (χ3n) is 8.28. The van der Waals surface area contributed by atoms with Crippen LogP contribution in [0.3, 0.4) is 0 Å². The molecule has 39 heavy (non-hydrogen) atoms. The molecule has 0 aliphatic carbocycles. The fraction of sp³-hybridized carbons (Fsp3) is 0.533. The molecular formula is C30H39N7O2. The summed E-state index contributed by atoms with van der Waals surface area (Å²) < 4.78 is 8.39. The number of carbonyl (C=O) groups excluding carboxylic acids is 1. The van der Waals surface area contributed by atoms with Gasteiger partial charge in [-0.3, -0.25) is 14.7 Å². The standard InChI is InChI=1S/C30H39N7O2/c1-34(2)20-24-8-9-25(39-24)21-35-16-10-22(11-17-35)30(38)36-18-12-23(13-19-36)37-28-27(7-5-15-32-28)33-29(37)26-6-3-4-14-31-26/h3-8,14-15,22-23,25H,9-13,16-21H2,1-2H3. The SMILES string of the molecule is CN(C)CC1=CCC(CN2CCC(C(=O)N3CCC(n4c(-c5ccccn5)nc5cccnc54)CC3)CC2)O1. The van der Waals surface area contributed by atoms with Crippen LogP contribution in [-0.2, 0) is 9.53 Å². The summed E-state index contributed by atoms with van der Waals surface area (Å²) in [6, 6.07) is 10.1. The largest absolute Gasteiger partial charge is 0.492 e. The Bertz CT molecular complexity index is 1310. The summed E-state index contributed by atoms with van der Waals surface area (Å²) in [4.78, 5) is 34.3. The topological polar surface area (TPSA) is 79.6 Å². The van der Waals surface area contributed by atoms with E-state index in [0.29, 0.717) is 5.91 Å². The van der Waals surface area contributed by atoms with Gasteiger partial charge in [0.05, 0.1) is 6.54 Å². The second-order valence-corrected chi connectivity index (χ2v) is 11.4. The molecule has 6 heterocycles. The van der Waals surface area contributed by atoms with Gasteiger partial charge in [0.25, 0.3) is 0 Å². The zero-order valence-electron chi connectivity index (χ0n) is 23.1. The lowest BCUT2D eigenvalue weighted by Gasteiger charge is -2.38. The van der Waals surface area contributed by atoms with Gasteiger partial charge in [0.1, 0.15) is 23.1 Å². The van der Waals surface area contributed by atoms with Gasteiger partial charge in [0.2, 0.25) is 5.91 Å². The number of piperidine rings is 2. The maximum absolute atomic E-state index is 13.5. The van der Waals surface area contributed by atoms with Crippen molar-refractivity contribution in [1.29, 1.82) is 0 Å². The third-order valence-corrected chi connectivity index (χ3v) is 8.28. The minimum Gasteiger partial charge on any atom is -0.492 e. The molecule has 2 saturated heterocycles. The van der Waals surface area contributed by atoms with E-state index in [0.717, 1.165) is 99.8 Å². The average Bonchev–Trinajstić information content (AvgIpc) is 3.57. The lowest BCUT2D eigenvalue weighted by atomic mass is 9.93. The molecule has 1 unspecified atom stereocenters. The van der Waals surface area contributed by atoms with Crippen molar-refractivity contribution in [3.63, 3.8) is 0 Å². The van der Waals surface area contributed by atoms with Gasteiger partial charge in [-0.15, -0.1) is 0 Å². The molecule has 0 N–H and O–H groups in total. The molecule has 0 spiro atoms. The van der Waals surface area contributed by atoms with Gasteiger partial charge in [0, 0.05) is 50.4 Å². The fourth-order valence-electron chi connectivity index (χ4n) is 6.30. The van der Waals surface area contributed by atoms with E-state index >= 15 is 0 Å². The first kappa shape index (κ1) is 26.0. The van der Waals surface area contributed by atoms with Gasteiger partial charge >= 0.3 is 0 Å². The van der Waals surface area contributed by atoms with E-state index in [2.05, 4.69) is 49.4 Å². The van der Waals surface area contributed by atoms with E-state index in [9.17, 15) is 4.79 Å². The lowest BCUT2D eigenvalue weighted by molar-refractivity contribution is -0.138. The van der Waals surface area contributed by atoms with Gasteiger partial charge in [-0.1, -0.05) is 6.07 Å². The molecule has 0 aromatic carbocycles. The number of imidazole rings is 1. The molecule has 0 saturated carbocycles. The number of hydrogen-bond donors (Lipinski definition) is 0. The minimum atomic E-state index is 0.129. The molecule has 206 valence electrons. The molecule has 3 aliphatic heterocycles. The van der Waals surface area contributed by atoms with E-state index in [4.69, 9.17) is 9.72 Å². The highest BCUT2D eigenvalue weighted by molar-refractivity contribution is 5.79. The van der Waals surface area contributed by atoms with E-state index in [1.54, 1.807) is 6.20 Å². The van der Waals surface area contributed by atoms with E-state index in [1.807, 2.05) is 36.5 Å². The summed E-state index contributed by atoms with van der Waals surface area (Å²) in [5.74, 6) is 2.41. The number of aromatic nitrogens is 4. The Labute approximate surface area is 230 Å². The van der Waals surface area contributed by atoms with Gasteiger partial charge in [-0.05, 0) is 83.2 Å². The zero-order chi connectivity index (χ0) is 26.8. The first-order valence-corrected chi connectivity index (χ1v) is 14.3. The molecule has 1 atom stereocenters. The molecule has 9 heteroatoms. The number of fused-ring (bicyclic) bond motifs is 1. The van der Waals surface area contributed by atoms with Crippen LogP contribution in [0, 0.1) is 5.92 Å². The Morgan fingerprint density at radius 1 is 1.00 bits per heavy atom. The highest BCUT2D eigenvalue weighted by Gasteiger charge is 2.33. The highest BCUT2D eigenvalue weighted by atomic mass is 16.5. The Hall–Kier alpha value is -3.30.